The van der Waals surface area contributed by atoms with Gasteiger partial charge in [0.05, 0.1) is 19.3 Å². The maximum atomic E-state index is 13.1. The summed E-state index contributed by atoms with van der Waals surface area (Å²) in [7, 11) is 0. The number of hydrogen-bond donors (Lipinski definition) is 1. The summed E-state index contributed by atoms with van der Waals surface area (Å²) >= 11 is 0. The summed E-state index contributed by atoms with van der Waals surface area (Å²) in [6.07, 6.45) is 1.71. The number of aryl methyl sites for hydroxylation is 1. The number of carbonyl (C=O) groups is 1. The summed E-state index contributed by atoms with van der Waals surface area (Å²) in [5.74, 6) is 0.172. The molecule has 1 aromatic carbocycles. The number of hydrogen-bond acceptors (Lipinski definition) is 4. The molecule has 1 aliphatic heterocycles. The SMILES string of the molecule is Cc1cc(/C=C(\C#N)C(=O)N[C@@H](CN2CCOCC2)c2ccccc2)c(C)n1CC(C)C. The van der Waals surface area contributed by atoms with Crippen molar-refractivity contribution in [2.75, 3.05) is 32.8 Å². The Labute approximate surface area is 191 Å². The van der Waals surface area contributed by atoms with Gasteiger partial charge < -0.3 is 14.6 Å². The van der Waals surface area contributed by atoms with Crippen LogP contribution in [0.25, 0.3) is 6.08 Å². The van der Waals surface area contributed by atoms with Crippen LogP contribution in [0.1, 0.15) is 42.4 Å². The van der Waals surface area contributed by atoms with Crippen molar-refractivity contribution in [3.05, 3.63) is 64.5 Å². The van der Waals surface area contributed by atoms with Gasteiger partial charge in [-0.25, -0.2) is 0 Å². The van der Waals surface area contributed by atoms with Gasteiger partial charge in [-0.15, -0.1) is 0 Å². The Hall–Kier alpha value is -2.88. The third-order valence-electron chi connectivity index (χ3n) is 5.88. The molecule has 2 aromatic rings. The van der Waals surface area contributed by atoms with Gasteiger partial charge in [-0.3, -0.25) is 9.69 Å². The second-order valence-corrected chi connectivity index (χ2v) is 8.85. The van der Waals surface area contributed by atoms with Gasteiger partial charge >= 0.3 is 0 Å². The molecular formula is C26H34N4O2. The second-order valence-electron chi connectivity index (χ2n) is 8.85. The van der Waals surface area contributed by atoms with Crippen LogP contribution in [0.2, 0.25) is 0 Å². The zero-order valence-corrected chi connectivity index (χ0v) is 19.6. The van der Waals surface area contributed by atoms with E-state index in [2.05, 4.69) is 41.6 Å². The van der Waals surface area contributed by atoms with Gasteiger partial charge in [0, 0.05) is 37.6 Å². The predicted octanol–water partition coefficient (Wildman–Crippen LogP) is 3.86. The first-order chi connectivity index (χ1) is 15.4. The average Bonchev–Trinajstić information content (AvgIpc) is 3.05. The van der Waals surface area contributed by atoms with Crippen molar-refractivity contribution in [1.29, 1.82) is 5.26 Å². The number of benzene rings is 1. The van der Waals surface area contributed by atoms with E-state index in [-0.39, 0.29) is 17.5 Å². The molecular weight excluding hydrogens is 400 g/mol. The maximum Gasteiger partial charge on any atom is 0.262 e. The lowest BCUT2D eigenvalue weighted by Crippen LogP contribution is -2.43. The molecule has 6 heteroatoms. The highest BCUT2D eigenvalue weighted by molar-refractivity contribution is 6.02. The molecule has 32 heavy (non-hydrogen) atoms. The number of nitriles is 1. The zero-order valence-electron chi connectivity index (χ0n) is 19.6. The Bertz CT molecular complexity index is 979. The largest absolute Gasteiger partial charge is 0.379 e. The molecule has 1 amide bonds. The summed E-state index contributed by atoms with van der Waals surface area (Å²) in [6.45, 7) is 13.1. The molecule has 0 saturated carbocycles. The van der Waals surface area contributed by atoms with Crippen LogP contribution < -0.4 is 5.32 Å². The molecule has 1 aromatic heterocycles. The standard InChI is InChI=1S/C26H34N4O2/c1-19(2)17-30-20(3)14-23(21(30)4)15-24(16-27)26(31)28-25(22-8-6-5-7-9-22)18-29-10-12-32-13-11-29/h5-9,14-15,19,25H,10-13,17-18H2,1-4H3,(H,28,31)/b24-15+/t25-/m0/s1. The molecule has 0 aliphatic carbocycles. The fourth-order valence-electron chi connectivity index (χ4n) is 4.12. The molecule has 0 spiro atoms. The van der Waals surface area contributed by atoms with Gasteiger partial charge in [-0.05, 0) is 43.0 Å². The number of nitrogens with one attached hydrogen (secondary N) is 1. The van der Waals surface area contributed by atoms with Gasteiger partial charge in [0.2, 0.25) is 0 Å². The number of nitrogens with zero attached hydrogens (tertiary/aromatic N) is 3. The molecule has 1 N–H and O–H groups in total. The smallest absolute Gasteiger partial charge is 0.262 e. The number of carbonyl (C=O) groups excluding carboxylic acids is 1. The Balaban J connectivity index is 1.81. The van der Waals surface area contributed by atoms with Crippen LogP contribution in [0.4, 0.5) is 0 Å². The Kier molecular flexibility index (Phi) is 8.26. The first-order valence-corrected chi connectivity index (χ1v) is 11.3. The van der Waals surface area contributed by atoms with E-state index in [9.17, 15) is 10.1 Å². The minimum atomic E-state index is -0.344. The molecule has 1 atom stereocenters. The summed E-state index contributed by atoms with van der Waals surface area (Å²) in [6, 6.07) is 13.9. The van der Waals surface area contributed by atoms with Gasteiger partial charge in [0.25, 0.3) is 5.91 Å². The van der Waals surface area contributed by atoms with E-state index in [1.165, 1.54) is 0 Å². The molecule has 0 bridgehead atoms. The highest BCUT2D eigenvalue weighted by Crippen LogP contribution is 2.21. The quantitative estimate of drug-likeness (QED) is 0.506. The molecule has 1 fully saturated rings. The summed E-state index contributed by atoms with van der Waals surface area (Å²) in [5.41, 5.74) is 4.27. The number of rotatable bonds is 8. The predicted molar refractivity (Wildman–Crippen MR) is 127 cm³/mol. The molecule has 2 heterocycles. The lowest BCUT2D eigenvalue weighted by Gasteiger charge is -2.31. The molecule has 1 saturated heterocycles. The van der Waals surface area contributed by atoms with E-state index in [0.29, 0.717) is 25.7 Å². The lowest BCUT2D eigenvalue weighted by molar-refractivity contribution is -0.118. The van der Waals surface area contributed by atoms with Crippen LogP contribution >= 0.6 is 0 Å². The van der Waals surface area contributed by atoms with Crippen molar-refractivity contribution in [1.82, 2.24) is 14.8 Å². The van der Waals surface area contributed by atoms with E-state index >= 15 is 0 Å². The highest BCUT2D eigenvalue weighted by Gasteiger charge is 2.22. The van der Waals surface area contributed by atoms with Crippen LogP contribution in [-0.4, -0.2) is 48.2 Å². The summed E-state index contributed by atoms with van der Waals surface area (Å²) in [4.78, 5) is 15.4. The number of ether oxygens (including phenoxy) is 1. The molecule has 3 rings (SSSR count). The van der Waals surface area contributed by atoms with Crippen LogP contribution in [0, 0.1) is 31.1 Å². The van der Waals surface area contributed by atoms with Crippen LogP contribution in [0.3, 0.4) is 0 Å². The lowest BCUT2D eigenvalue weighted by atomic mass is 10.0. The van der Waals surface area contributed by atoms with Crippen molar-refractivity contribution < 1.29 is 9.53 Å². The molecule has 170 valence electrons. The highest BCUT2D eigenvalue weighted by atomic mass is 16.5. The van der Waals surface area contributed by atoms with Gasteiger partial charge in [0.1, 0.15) is 11.6 Å². The fraction of sp³-hybridized carbons (Fsp3) is 0.462. The average molecular weight is 435 g/mol. The van der Waals surface area contributed by atoms with Crippen molar-refractivity contribution in [2.45, 2.75) is 40.3 Å². The third kappa shape index (κ3) is 6.09. The molecule has 0 radical (unpaired) electrons. The third-order valence-corrected chi connectivity index (χ3v) is 5.88. The Morgan fingerprint density at radius 1 is 1.19 bits per heavy atom. The van der Waals surface area contributed by atoms with Gasteiger partial charge in [-0.1, -0.05) is 44.2 Å². The van der Waals surface area contributed by atoms with E-state index in [4.69, 9.17) is 4.74 Å². The van der Waals surface area contributed by atoms with E-state index in [0.717, 1.165) is 42.1 Å². The van der Waals surface area contributed by atoms with Gasteiger partial charge in [-0.2, -0.15) is 5.26 Å². The van der Waals surface area contributed by atoms with Crippen molar-refractivity contribution >= 4 is 12.0 Å². The summed E-state index contributed by atoms with van der Waals surface area (Å²) in [5, 5.41) is 12.9. The second kappa shape index (κ2) is 11.1. The first-order valence-electron chi connectivity index (χ1n) is 11.3. The number of morpholine rings is 1. The van der Waals surface area contributed by atoms with Crippen molar-refractivity contribution in [3.8, 4) is 6.07 Å². The number of aromatic nitrogens is 1. The monoisotopic (exact) mass is 434 g/mol. The van der Waals surface area contributed by atoms with Crippen LogP contribution in [-0.2, 0) is 16.1 Å². The maximum absolute atomic E-state index is 13.1. The normalized spacial score (nSPS) is 16.1. The minimum Gasteiger partial charge on any atom is -0.379 e. The molecule has 0 unspecified atom stereocenters. The van der Waals surface area contributed by atoms with Crippen molar-refractivity contribution in [3.63, 3.8) is 0 Å². The van der Waals surface area contributed by atoms with Gasteiger partial charge in [0.15, 0.2) is 0 Å². The summed E-state index contributed by atoms with van der Waals surface area (Å²) < 4.78 is 7.70. The molecule has 1 aliphatic rings. The van der Waals surface area contributed by atoms with Crippen molar-refractivity contribution in [2.24, 2.45) is 5.92 Å². The topological polar surface area (TPSA) is 70.3 Å². The molecule has 6 nitrogen and oxygen atoms in total. The number of amides is 1. The van der Waals surface area contributed by atoms with E-state index in [1.807, 2.05) is 43.3 Å². The van der Waals surface area contributed by atoms with Crippen LogP contribution in [0.5, 0.6) is 0 Å². The first kappa shape index (κ1) is 23.8. The van der Waals surface area contributed by atoms with Crippen LogP contribution in [0.15, 0.2) is 42.0 Å². The van der Waals surface area contributed by atoms with E-state index in [1.54, 1.807) is 6.08 Å². The Morgan fingerprint density at radius 2 is 1.88 bits per heavy atom. The Morgan fingerprint density at radius 3 is 2.50 bits per heavy atom. The fourth-order valence-corrected chi connectivity index (χ4v) is 4.12. The zero-order chi connectivity index (χ0) is 23.1. The van der Waals surface area contributed by atoms with E-state index < -0.39 is 0 Å². The minimum absolute atomic E-state index is 0.123.